The Morgan fingerprint density at radius 2 is 2.20 bits per heavy atom. The van der Waals surface area contributed by atoms with Crippen molar-refractivity contribution in [2.75, 3.05) is 11.5 Å². The zero-order valence-electron chi connectivity index (χ0n) is 8.14. The van der Waals surface area contributed by atoms with Crippen LogP contribution in [0.3, 0.4) is 0 Å². The van der Waals surface area contributed by atoms with Crippen LogP contribution >= 0.6 is 11.8 Å². The van der Waals surface area contributed by atoms with Gasteiger partial charge in [-0.25, -0.2) is 13.1 Å². The molecule has 15 heavy (non-hydrogen) atoms. The number of aromatic nitrogens is 2. The van der Waals surface area contributed by atoms with Crippen molar-refractivity contribution in [3.05, 3.63) is 12.4 Å². The van der Waals surface area contributed by atoms with E-state index in [2.05, 4.69) is 14.9 Å². The van der Waals surface area contributed by atoms with Crippen LogP contribution < -0.4 is 4.72 Å². The Kier molecular flexibility index (Phi) is 3.32. The first kappa shape index (κ1) is 11.0. The van der Waals surface area contributed by atoms with E-state index in [1.54, 1.807) is 0 Å². The Labute approximate surface area is 93.1 Å². The number of sulfonamides is 1. The number of nitrogens with zero attached hydrogens (tertiary/aromatic N) is 1. The molecule has 0 aliphatic carbocycles. The molecule has 0 saturated carbocycles. The highest BCUT2D eigenvalue weighted by Crippen LogP contribution is 2.18. The minimum Gasteiger partial charge on any atom is -0.284 e. The van der Waals surface area contributed by atoms with Gasteiger partial charge < -0.3 is 0 Å². The number of H-pyrrole nitrogens is 1. The van der Waals surface area contributed by atoms with Gasteiger partial charge in [0.15, 0.2) is 0 Å². The molecular formula is C8H13N3O2S2. The van der Waals surface area contributed by atoms with Crippen LogP contribution in [0.4, 0.5) is 0 Å². The monoisotopic (exact) mass is 247 g/mol. The summed E-state index contributed by atoms with van der Waals surface area (Å²) in [5.41, 5.74) is 0. The number of hydrogen-bond donors (Lipinski definition) is 2. The standard InChI is InChI=1S/C8H13N3O2S2/c12-15(13,8-5-9-10-6-8)11-7-1-3-14-4-2-7/h5-7,11H,1-4H2,(H,9,10). The van der Waals surface area contributed by atoms with E-state index >= 15 is 0 Å². The number of thioether (sulfide) groups is 1. The van der Waals surface area contributed by atoms with E-state index in [0.717, 1.165) is 24.3 Å². The number of hydrogen-bond acceptors (Lipinski definition) is 4. The summed E-state index contributed by atoms with van der Waals surface area (Å²) in [6.07, 6.45) is 4.52. The van der Waals surface area contributed by atoms with Gasteiger partial charge >= 0.3 is 0 Å². The molecule has 0 bridgehead atoms. The van der Waals surface area contributed by atoms with Crippen molar-refractivity contribution in [2.24, 2.45) is 0 Å². The molecule has 0 atom stereocenters. The van der Waals surface area contributed by atoms with E-state index < -0.39 is 10.0 Å². The van der Waals surface area contributed by atoms with Crippen LogP contribution in [0, 0.1) is 0 Å². The molecule has 2 N–H and O–H groups in total. The van der Waals surface area contributed by atoms with Gasteiger partial charge in [-0.2, -0.15) is 16.9 Å². The lowest BCUT2D eigenvalue weighted by atomic mass is 10.2. The van der Waals surface area contributed by atoms with Crippen LogP contribution in [0.15, 0.2) is 17.3 Å². The Morgan fingerprint density at radius 1 is 1.47 bits per heavy atom. The molecule has 0 unspecified atom stereocenters. The fraction of sp³-hybridized carbons (Fsp3) is 0.625. The van der Waals surface area contributed by atoms with E-state index in [4.69, 9.17) is 0 Å². The van der Waals surface area contributed by atoms with Gasteiger partial charge in [0.05, 0.1) is 6.20 Å². The van der Waals surface area contributed by atoms with E-state index in [1.165, 1.54) is 12.4 Å². The van der Waals surface area contributed by atoms with E-state index in [9.17, 15) is 8.42 Å². The van der Waals surface area contributed by atoms with Crippen molar-refractivity contribution in [3.8, 4) is 0 Å². The largest absolute Gasteiger partial charge is 0.284 e. The van der Waals surface area contributed by atoms with Gasteiger partial charge in [0.2, 0.25) is 10.0 Å². The molecule has 1 aromatic heterocycles. The van der Waals surface area contributed by atoms with Crippen LogP contribution in [-0.4, -0.2) is 36.2 Å². The van der Waals surface area contributed by atoms with Gasteiger partial charge in [-0.1, -0.05) is 0 Å². The highest BCUT2D eigenvalue weighted by atomic mass is 32.2. The molecule has 1 fully saturated rings. The highest BCUT2D eigenvalue weighted by molar-refractivity contribution is 7.99. The molecule has 1 aromatic rings. The van der Waals surface area contributed by atoms with Crippen LogP contribution in [0.1, 0.15) is 12.8 Å². The third kappa shape index (κ3) is 2.73. The van der Waals surface area contributed by atoms with Gasteiger partial charge in [0, 0.05) is 12.2 Å². The SMILES string of the molecule is O=S(=O)(NC1CCSCC1)c1cn[nH]c1. The predicted molar refractivity (Wildman–Crippen MR) is 59.3 cm³/mol. The van der Waals surface area contributed by atoms with Gasteiger partial charge in [-0.3, -0.25) is 5.10 Å². The van der Waals surface area contributed by atoms with E-state index in [0.29, 0.717) is 0 Å². The fourth-order valence-corrected chi connectivity index (χ4v) is 3.81. The van der Waals surface area contributed by atoms with Gasteiger partial charge in [-0.05, 0) is 24.3 Å². The van der Waals surface area contributed by atoms with Crippen molar-refractivity contribution in [1.29, 1.82) is 0 Å². The summed E-state index contributed by atoms with van der Waals surface area (Å²) in [6.45, 7) is 0. The third-order valence-electron chi connectivity index (χ3n) is 2.33. The lowest BCUT2D eigenvalue weighted by Crippen LogP contribution is -2.37. The molecule has 0 spiro atoms. The van der Waals surface area contributed by atoms with Crippen LogP contribution in [0.2, 0.25) is 0 Å². The molecule has 0 aromatic carbocycles. The van der Waals surface area contributed by atoms with Gasteiger partial charge in [0.1, 0.15) is 4.90 Å². The molecule has 84 valence electrons. The maximum atomic E-state index is 11.8. The number of aromatic amines is 1. The molecule has 1 aliphatic heterocycles. The molecular weight excluding hydrogens is 234 g/mol. The zero-order valence-corrected chi connectivity index (χ0v) is 9.77. The van der Waals surface area contributed by atoms with E-state index in [1.807, 2.05) is 11.8 Å². The predicted octanol–water partition coefficient (Wildman–Crippen LogP) is 0.584. The first-order valence-corrected chi connectivity index (χ1v) is 7.41. The maximum Gasteiger partial charge on any atom is 0.243 e. The fourth-order valence-electron chi connectivity index (χ4n) is 1.49. The van der Waals surface area contributed by atoms with Crippen molar-refractivity contribution in [3.63, 3.8) is 0 Å². The third-order valence-corrected chi connectivity index (χ3v) is 4.86. The Bertz CT molecular complexity index is 396. The second kappa shape index (κ2) is 4.54. The summed E-state index contributed by atoms with van der Waals surface area (Å²) < 4.78 is 26.3. The van der Waals surface area contributed by atoms with Crippen molar-refractivity contribution >= 4 is 21.8 Å². The first-order valence-electron chi connectivity index (χ1n) is 4.77. The molecule has 5 nitrogen and oxygen atoms in total. The topological polar surface area (TPSA) is 74.8 Å². The van der Waals surface area contributed by atoms with Crippen LogP contribution in [-0.2, 0) is 10.0 Å². The minimum atomic E-state index is -3.37. The second-order valence-electron chi connectivity index (χ2n) is 3.44. The molecule has 1 saturated heterocycles. The highest BCUT2D eigenvalue weighted by Gasteiger charge is 2.22. The first-order chi connectivity index (χ1) is 7.18. The van der Waals surface area contributed by atoms with Crippen molar-refractivity contribution in [2.45, 2.75) is 23.8 Å². The summed E-state index contributed by atoms with van der Waals surface area (Å²) in [4.78, 5) is 0.209. The molecule has 1 aliphatic rings. The Hall–Kier alpha value is -0.530. The number of nitrogens with one attached hydrogen (secondary N) is 2. The minimum absolute atomic E-state index is 0.0751. The molecule has 0 amide bonds. The molecule has 2 rings (SSSR count). The summed E-state index contributed by atoms with van der Waals surface area (Å²) in [5, 5.41) is 6.13. The van der Waals surface area contributed by atoms with Crippen LogP contribution in [0.25, 0.3) is 0 Å². The van der Waals surface area contributed by atoms with E-state index in [-0.39, 0.29) is 10.9 Å². The zero-order chi connectivity index (χ0) is 10.7. The summed E-state index contributed by atoms with van der Waals surface area (Å²) in [6, 6.07) is 0.0751. The normalized spacial score (nSPS) is 19.2. The Balaban J connectivity index is 2.04. The smallest absolute Gasteiger partial charge is 0.243 e. The summed E-state index contributed by atoms with van der Waals surface area (Å²) >= 11 is 1.87. The molecule has 0 radical (unpaired) electrons. The van der Waals surface area contributed by atoms with Crippen molar-refractivity contribution < 1.29 is 8.42 Å². The molecule has 7 heteroatoms. The average molecular weight is 247 g/mol. The molecule has 2 heterocycles. The lowest BCUT2D eigenvalue weighted by molar-refractivity contribution is 0.529. The van der Waals surface area contributed by atoms with Gasteiger partial charge in [-0.15, -0.1) is 0 Å². The second-order valence-corrected chi connectivity index (χ2v) is 6.38. The quantitative estimate of drug-likeness (QED) is 0.819. The van der Waals surface area contributed by atoms with Gasteiger partial charge in [0.25, 0.3) is 0 Å². The summed E-state index contributed by atoms with van der Waals surface area (Å²) in [5.74, 6) is 2.05. The summed E-state index contributed by atoms with van der Waals surface area (Å²) in [7, 11) is -3.37. The van der Waals surface area contributed by atoms with Crippen molar-refractivity contribution in [1.82, 2.24) is 14.9 Å². The maximum absolute atomic E-state index is 11.8. The average Bonchev–Trinajstić information content (AvgIpc) is 2.71. The Morgan fingerprint density at radius 3 is 2.80 bits per heavy atom. The van der Waals surface area contributed by atoms with Crippen LogP contribution in [0.5, 0.6) is 0 Å². The lowest BCUT2D eigenvalue weighted by Gasteiger charge is -2.21. The number of rotatable bonds is 3.